The molecule has 3 heteroatoms. The Balaban J connectivity index is 2.89. The standard InChI is InChI=1S/C9H11NO2/c1-6-2-4-7(5-3-6)8(11)9(10)12/h2-5,8,11H,1H3,(H2,10,12). The molecule has 3 N–H and O–H groups in total. The number of aliphatic hydroxyl groups excluding tert-OH is 1. The largest absolute Gasteiger partial charge is 0.378 e. The zero-order valence-corrected chi connectivity index (χ0v) is 6.82. The van der Waals surface area contributed by atoms with Crippen LogP contribution in [-0.4, -0.2) is 11.0 Å². The van der Waals surface area contributed by atoms with E-state index in [9.17, 15) is 9.90 Å². The van der Waals surface area contributed by atoms with Crippen LogP contribution in [0.15, 0.2) is 24.3 Å². The summed E-state index contributed by atoms with van der Waals surface area (Å²) in [7, 11) is 0. The third-order valence-electron chi connectivity index (χ3n) is 1.66. The van der Waals surface area contributed by atoms with Crippen LogP contribution in [0.25, 0.3) is 0 Å². The van der Waals surface area contributed by atoms with Crippen LogP contribution in [-0.2, 0) is 4.79 Å². The summed E-state index contributed by atoms with van der Waals surface area (Å²) in [6, 6.07) is 7.01. The fourth-order valence-corrected chi connectivity index (χ4v) is 0.913. The van der Waals surface area contributed by atoms with Crippen molar-refractivity contribution in [3.63, 3.8) is 0 Å². The Kier molecular flexibility index (Phi) is 2.45. The first-order valence-electron chi connectivity index (χ1n) is 3.65. The predicted molar refractivity (Wildman–Crippen MR) is 45.3 cm³/mol. The van der Waals surface area contributed by atoms with Gasteiger partial charge in [-0.1, -0.05) is 29.8 Å². The first-order valence-corrected chi connectivity index (χ1v) is 3.65. The number of amides is 1. The Bertz CT molecular complexity index is 279. The van der Waals surface area contributed by atoms with Gasteiger partial charge in [0.2, 0.25) is 0 Å². The van der Waals surface area contributed by atoms with E-state index >= 15 is 0 Å². The summed E-state index contributed by atoms with van der Waals surface area (Å²) in [6.45, 7) is 1.93. The average Bonchev–Trinajstić information content (AvgIpc) is 2.04. The minimum Gasteiger partial charge on any atom is -0.378 e. The molecule has 0 saturated carbocycles. The molecule has 1 unspecified atom stereocenters. The number of primary amides is 1. The van der Waals surface area contributed by atoms with Crippen LogP contribution in [0.4, 0.5) is 0 Å². The normalized spacial score (nSPS) is 12.5. The molecule has 1 atom stereocenters. The number of aryl methyl sites for hydroxylation is 1. The van der Waals surface area contributed by atoms with Gasteiger partial charge in [0.1, 0.15) is 0 Å². The highest BCUT2D eigenvalue weighted by Crippen LogP contribution is 2.12. The molecule has 0 radical (unpaired) electrons. The molecule has 1 aromatic rings. The van der Waals surface area contributed by atoms with Gasteiger partial charge >= 0.3 is 0 Å². The number of nitrogens with two attached hydrogens (primary N) is 1. The predicted octanol–water partition coefficient (Wildman–Crippen LogP) is 0.514. The summed E-state index contributed by atoms with van der Waals surface area (Å²) in [6.07, 6.45) is -1.19. The number of carbonyl (C=O) groups excluding carboxylic acids is 1. The van der Waals surface area contributed by atoms with Crippen molar-refractivity contribution in [1.29, 1.82) is 0 Å². The Labute approximate surface area is 70.8 Å². The zero-order valence-electron chi connectivity index (χ0n) is 6.82. The van der Waals surface area contributed by atoms with Gasteiger partial charge in [-0.3, -0.25) is 4.79 Å². The third kappa shape index (κ3) is 1.83. The molecule has 64 valence electrons. The first-order chi connectivity index (χ1) is 5.61. The number of hydrogen-bond donors (Lipinski definition) is 2. The van der Waals surface area contributed by atoms with Gasteiger partial charge in [-0.15, -0.1) is 0 Å². The Morgan fingerprint density at radius 2 is 1.92 bits per heavy atom. The topological polar surface area (TPSA) is 63.3 Å². The van der Waals surface area contributed by atoms with Crippen LogP contribution in [0.2, 0.25) is 0 Å². The van der Waals surface area contributed by atoms with Crippen LogP contribution in [0.5, 0.6) is 0 Å². The van der Waals surface area contributed by atoms with Crippen molar-refractivity contribution in [3.05, 3.63) is 35.4 Å². The molecule has 1 amide bonds. The van der Waals surface area contributed by atoms with E-state index in [1.807, 2.05) is 19.1 Å². The van der Waals surface area contributed by atoms with Gasteiger partial charge in [-0.05, 0) is 12.5 Å². The Hall–Kier alpha value is -1.35. The Morgan fingerprint density at radius 3 is 2.33 bits per heavy atom. The van der Waals surface area contributed by atoms with Gasteiger partial charge in [0.05, 0.1) is 0 Å². The SMILES string of the molecule is Cc1ccc(C(O)C(N)=O)cc1. The second kappa shape index (κ2) is 3.36. The molecule has 0 aliphatic carbocycles. The van der Waals surface area contributed by atoms with E-state index in [4.69, 9.17) is 5.73 Å². The quantitative estimate of drug-likeness (QED) is 0.670. The summed E-state index contributed by atoms with van der Waals surface area (Å²) in [5.41, 5.74) is 6.53. The van der Waals surface area contributed by atoms with E-state index in [0.29, 0.717) is 5.56 Å². The van der Waals surface area contributed by atoms with Crippen LogP contribution in [0, 0.1) is 6.92 Å². The monoisotopic (exact) mass is 165 g/mol. The van der Waals surface area contributed by atoms with E-state index in [1.54, 1.807) is 12.1 Å². The molecule has 0 saturated heterocycles. The Morgan fingerprint density at radius 1 is 1.42 bits per heavy atom. The van der Waals surface area contributed by atoms with E-state index < -0.39 is 12.0 Å². The van der Waals surface area contributed by atoms with Crippen molar-refractivity contribution in [2.75, 3.05) is 0 Å². The summed E-state index contributed by atoms with van der Waals surface area (Å²) in [5.74, 6) is -0.723. The molecule has 0 aliphatic rings. The summed E-state index contributed by atoms with van der Waals surface area (Å²) in [4.78, 5) is 10.6. The number of aliphatic hydroxyl groups is 1. The molecule has 1 rings (SSSR count). The second-order valence-electron chi connectivity index (χ2n) is 2.72. The molecular weight excluding hydrogens is 154 g/mol. The van der Waals surface area contributed by atoms with Crippen LogP contribution < -0.4 is 5.73 Å². The van der Waals surface area contributed by atoms with Gasteiger partial charge in [-0.2, -0.15) is 0 Å². The maximum absolute atomic E-state index is 10.6. The fraction of sp³-hybridized carbons (Fsp3) is 0.222. The van der Waals surface area contributed by atoms with Gasteiger partial charge in [0.25, 0.3) is 5.91 Å². The highest BCUT2D eigenvalue weighted by atomic mass is 16.3. The molecule has 3 nitrogen and oxygen atoms in total. The second-order valence-corrected chi connectivity index (χ2v) is 2.72. The van der Waals surface area contributed by atoms with Gasteiger partial charge in [-0.25, -0.2) is 0 Å². The molecule has 0 heterocycles. The summed E-state index contributed by atoms with van der Waals surface area (Å²) in [5, 5.41) is 9.21. The van der Waals surface area contributed by atoms with E-state index in [1.165, 1.54) is 0 Å². The average molecular weight is 165 g/mol. The highest BCUT2D eigenvalue weighted by Gasteiger charge is 2.12. The van der Waals surface area contributed by atoms with Crippen molar-refractivity contribution in [2.24, 2.45) is 5.73 Å². The number of hydrogen-bond acceptors (Lipinski definition) is 2. The minimum atomic E-state index is -1.19. The van der Waals surface area contributed by atoms with Crippen molar-refractivity contribution in [3.8, 4) is 0 Å². The van der Waals surface area contributed by atoms with E-state index in [-0.39, 0.29) is 0 Å². The molecule has 0 fully saturated rings. The van der Waals surface area contributed by atoms with Crippen molar-refractivity contribution in [1.82, 2.24) is 0 Å². The molecule has 0 aromatic heterocycles. The third-order valence-corrected chi connectivity index (χ3v) is 1.66. The van der Waals surface area contributed by atoms with Gasteiger partial charge in [0.15, 0.2) is 6.10 Å². The lowest BCUT2D eigenvalue weighted by atomic mass is 10.1. The lowest BCUT2D eigenvalue weighted by Gasteiger charge is -2.05. The first kappa shape index (κ1) is 8.74. The molecular formula is C9H11NO2. The van der Waals surface area contributed by atoms with Gasteiger partial charge < -0.3 is 10.8 Å². The van der Waals surface area contributed by atoms with E-state index in [0.717, 1.165) is 5.56 Å². The van der Waals surface area contributed by atoms with Crippen molar-refractivity contribution in [2.45, 2.75) is 13.0 Å². The summed E-state index contributed by atoms with van der Waals surface area (Å²) < 4.78 is 0. The zero-order chi connectivity index (χ0) is 9.14. The van der Waals surface area contributed by atoms with Crippen molar-refractivity contribution < 1.29 is 9.90 Å². The number of rotatable bonds is 2. The number of benzene rings is 1. The maximum Gasteiger partial charge on any atom is 0.250 e. The van der Waals surface area contributed by atoms with E-state index in [2.05, 4.69) is 0 Å². The smallest absolute Gasteiger partial charge is 0.250 e. The lowest BCUT2D eigenvalue weighted by Crippen LogP contribution is -2.20. The minimum absolute atomic E-state index is 0.535. The van der Waals surface area contributed by atoms with Crippen molar-refractivity contribution >= 4 is 5.91 Å². The fourth-order valence-electron chi connectivity index (χ4n) is 0.913. The maximum atomic E-state index is 10.6. The van der Waals surface area contributed by atoms with Crippen LogP contribution in [0.3, 0.4) is 0 Å². The molecule has 0 bridgehead atoms. The molecule has 0 aliphatic heterocycles. The lowest BCUT2D eigenvalue weighted by molar-refractivity contribution is -0.126. The summed E-state index contributed by atoms with van der Waals surface area (Å²) >= 11 is 0. The number of carbonyl (C=O) groups is 1. The molecule has 0 spiro atoms. The molecule has 12 heavy (non-hydrogen) atoms. The van der Waals surface area contributed by atoms with Crippen LogP contribution in [0.1, 0.15) is 17.2 Å². The van der Waals surface area contributed by atoms with Crippen LogP contribution >= 0.6 is 0 Å². The molecule has 1 aromatic carbocycles. The van der Waals surface area contributed by atoms with Gasteiger partial charge in [0, 0.05) is 0 Å². The highest BCUT2D eigenvalue weighted by molar-refractivity contribution is 5.80.